The van der Waals surface area contributed by atoms with Crippen molar-refractivity contribution < 1.29 is 0 Å². The van der Waals surface area contributed by atoms with Crippen molar-refractivity contribution in [1.29, 1.82) is 0 Å². The molecule has 0 aliphatic heterocycles. The number of aromatic nitrogens is 2. The molecule has 2 nitrogen and oxygen atoms in total. The van der Waals surface area contributed by atoms with Gasteiger partial charge in [-0.15, -0.1) is 12.6 Å². The second kappa shape index (κ2) is 2.11. The minimum atomic E-state index is 0.613. The number of halogens is 1. The molecule has 0 fully saturated rings. The molecule has 1 aromatic heterocycles. The van der Waals surface area contributed by atoms with Crippen molar-refractivity contribution in [1.82, 2.24) is 9.36 Å². The summed E-state index contributed by atoms with van der Waals surface area (Å²) in [6.07, 6.45) is 0. The molecule has 7 heavy (non-hydrogen) atoms. The van der Waals surface area contributed by atoms with Crippen LogP contribution in [-0.4, -0.2) is 9.36 Å². The van der Waals surface area contributed by atoms with Crippen LogP contribution in [0.3, 0.4) is 0 Å². The van der Waals surface area contributed by atoms with Gasteiger partial charge in [-0.1, -0.05) is 0 Å². The molecule has 0 saturated carbocycles. The number of hydrogen-bond donors (Lipinski definition) is 1. The van der Waals surface area contributed by atoms with Crippen LogP contribution in [0.2, 0.25) is 0 Å². The Hall–Kier alpha value is 0.390. The van der Waals surface area contributed by atoms with Crippen molar-refractivity contribution in [2.45, 2.75) is 4.34 Å². The molecule has 0 spiro atoms. The molecule has 0 aliphatic carbocycles. The van der Waals surface area contributed by atoms with Crippen LogP contribution in [0, 0.1) is 0 Å². The minimum Gasteiger partial charge on any atom is -0.203 e. The van der Waals surface area contributed by atoms with Crippen LogP contribution in [0.1, 0.15) is 0 Å². The van der Waals surface area contributed by atoms with Crippen molar-refractivity contribution in [2.75, 3.05) is 0 Å². The molecule has 1 heterocycles. The summed E-state index contributed by atoms with van der Waals surface area (Å²) in [5.74, 6) is 0. The second-order valence-electron chi connectivity index (χ2n) is 0.846. The van der Waals surface area contributed by atoms with Gasteiger partial charge in [-0.3, -0.25) is 0 Å². The number of thiol groups is 1. The van der Waals surface area contributed by atoms with Crippen LogP contribution < -0.4 is 0 Å². The molecule has 0 radical (unpaired) electrons. The highest BCUT2D eigenvalue weighted by atomic mass is 79.9. The topological polar surface area (TPSA) is 25.8 Å². The van der Waals surface area contributed by atoms with Gasteiger partial charge in [0.1, 0.15) is 0 Å². The smallest absolute Gasteiger partial charge is 0.203 e. The van der Waals surface area contributed by atoms with Gasteiger partial charge in [-0.25, -0.2) is 4.98 Å². The summed E-state index contributed by atoms with van der Waals surface area (Å²) in [7, 11) is 0. The van der Waals surface area contributed by atoms with E-state index in [0.29, 0.717) is 9.07 Å². The Bertz CT molecular complexity index is 146. The highest BCUT2D eigenvalue weighted by Crippen LogP contribution is 2.11. The van der Waals surface area contributed by atoms with E-state index < -0.39 is 0 Å². The average Bonchev–Trinajstić information content (AvgIpc) is 1.87. The summed E-state index contributed by atoms with van der Waals surface area (Å²) in [5, 5.41) is 0. The molecule has 0 amide bonds. The Morgan fingerprint density at radius 1 is 1.71 bits per heavy atom. The maximum atomic E-state index is 3.92. The van der Waals surface area contributed by atoms with Gasteiger partial charge in [-0.05, 0) is 27.5 Å². The fourth-order valence-corrected chi connectivity index (χ4v) is 1.39. The monoisotopic (exact) mass is 196 g/mol. The summed E-state index contributed by atoms with van der Waals surface area (Å²) in [4.78, 5) is 3.80. The number of nitrogens with zero attached hydrogens (tertiary/aromatic N) is 2. The molecule has 0 atom stereocenters. The van der Waals surface area contributed by atoms with Crippen molar-refractivity contribution in [3.05, 3.63) is 4.73 Å². The zero-order chi connectivity index (χ0) is 5.28. The van der Waals surface area contributed by atoms with Crippen LogP contribution in [0.4, 0.5) is 0 Å². The van der Waals surface area contributed by atoms with Gasteiger partial charge in [0.25, 0.3) is 0 Å². The largest absolute Gasteiger partial charge is 0.210 e. The van der Waals surface area contributed by atoms with Crippen LogP contribution >= 0.6 is 40.1 Å². The van der Waals surface area contributed by atoms with Gasteiger partial charge in [0.05, 0.1) is 0 Å². The second-order valence-corrected chi connectivity index (χ2v) is 3.03. The van der Waals surface area contributed by atoms with E-state index in [1.807, 2.05) is 0 Å². The Kier molecular flexibility index (Phi) is 1.66. The third-order valence-electron chi connectivity index (χ3n) is 0.391. The molecule has 5 heteroatoms. The lowest BCUT2D eigenvalue weighted by Gasteiger charge is -1.65. The number of rotatable bonds is 0. The first-order chi connectivity index (χ1) is 3.29. The van der Waals surface area contributed by atoms with Crippen molar-refractivity contribution in [3.63, 3.8) is 0 Å². The van der Waals surface area contributed by atoms with E-state index in [4.69, 9.17) is 0 Å². The average molecular weight is 197 g/mol. The Morgan fingerprint density at radius 3 is 2.57 bits per heavy atom. The van der Waals surface area contributed by atoms with E-state index in [9.17, 15) is 0 Å². The van der Waals surface area contributed by atoms with Crippen LogP contribution in [0.25, 0.3) is 0 Å². The van der Waals surface area contributed by atoms with E-state index in [0.717, 1.165) is 0 Å². The van der Waals surface area contributed by atoms with Crippen LogP contribution in [0.5, 0.6) is 0 Å². The van der Waals surface area contributed by atoms with Gasteiger partial charge >= 0.3 is 0 Å². The molecular formula is C2HBrN2S2. The van der Waals surface area contributed by atoms with E-state index >= 15 is 0 Å². The number of hydrogen-bond acceptors (Lipinski definition) is 4. The highest BCUT2D eigenvalue weighted by molar-refractivity contribution is 9.10. The quantitative estimate of drug-likeness (QED) is 0.639. The van der Waals surface area contributed by atoms with Gasteiger partial charge in [0.15, 0.2) is 4.34 Å². The molecular weight excluding hydrogens is 196 g/mol. The summed E-state index contributed by atoms with van der Waals surface area (Å²) >= 11 is 8.25. The molecule has 0 bridgehead atoms. The predicted molar refractivity (Wildman–Crippen MR) is 34.9 cm³/mol. The molecule has 0 N–H and O–H groups in total. The third-order valence-corrected chi connectivity index (χ3v) is 1.84. The highest BCUT2D eigenvalue weighted by Gasteiger charge is 1.91. The van der Waals surface area contributed by atoms with Gasteiger partial charge < -0.3 is 0 Å². The summed E-state index contributed by atoms with van der Waals surface area (Å²) in [5.41, 5.74) is 0. The Morgan fingerprint density at radius 2 is 2.43 bits per heavy atom. The van der Waals surface area contributed by atoms with Gasteiger partial charge in [0, 0.05) is 0 Å². The van der Waals surface area contributed by atoms with Crippen molar-refractivity contribution >= 4 is 40.1 Å². The van der Waals surface area contributed by atoms with Gasteiger partial charge in [0.2, 0.25) is 4.73 Å². The maximum Gasteiger partial charge on any atom is 0.210 e. The molecule has 0 aliphatic rings. The minimum absolute atomic E-state index is 0.613. The van der Waals surface area contributed by atoms with Gasteiger partial charge in [-0.2, -0.15) is 4.37 Å². The normalized spacial score (nSPS) is 9.43. The first-order valence-corrected chi connectivity index (χ1v) is 3.48. The van der Waals surface area contributed by atoms with E-state index in [2.05, 4.69) is 37.9 Å². The molecule has 0 unspecified atom stereocenters. The fraction of sp³-hybridized carbons (Fsp3) is 0. The maximum absolute atomic E-state index is 3.92. The third kappa shape index (κ3) is 1.40. The van der Waals surface area contributed by atoms with E-state index in [1.54, 1.807) is 0 Å². The zero-order valence-electron chi connectivity index (χ0n) is 3.13. The SMILES string of the molecule is Sc1nc(Br)ns1. The molecule has 38 valence electrons. The molecule has 0 saturated heterocycles. The zero-order valence-corrected chi connectivity index (χ0v) is 6.42. The Labute approximate surface area is 58.7 Å². The van der Waals surface area contributed by atoms with Crippen molar-refractivity contribution in [2.24, 2.45) is 0 Å². The predicted octanol–water partition coefficient (Wildman–Crippen LogP) is 1.59. The lowest BCUT2D eigenvalue weighted by molar-refractivity contribution is 1.17. The standard InChI is InChI=1S/C2HBrN2S2/c3-1-4-2(6)7-5-1/h(H,4,5,6). The molecule has 0 aromatic carbocycles. The first-order valence-electron chi connectivity index (χ1n) is 1.47. The molecule has 1 aromatic rings. The molecule has 1 rings (SSSR count). The lowest BCUT2D eigenvalue weighted by atomic mass is 11.3. The summed E-state index contributed by atoms with van der Waals surface area (Å²) in [6.45, 7) is 0. The summed E-state index contributed by atoms with van der Waals surface area (Å²) < 4.78 is 5.09. The fourth-order valence-electron chi connectivity index (χ4n) is 0.198. The Balaban J connectivity index is 3.04. The van der Waals surface area contributed by atoms with Crippen LogP contribution in [0.15, 0.2) is 9.07 Å². The summed E-state index contributed by atoms with van der Waals surface area (Å²) in [6, 6.07) is 0. The van der Waals surface area contributed by atoms with E-state index in [-0.39, 0.29) is 0 Å². The van der Waals surface area contributed by atoms with E-state index in [1.165, 1.54) is 11.5 Å². The first kappa shape index (κ1) is 5.53. The lowest BCUT2D eigenvalue weighted by Crippen LogP contribution is -1.60. The van der Waals surface area contributed by atoms with Crippen LogP contribution in [-0.2, 0) is 0 Å². The van der Waals surface area contributed by atoms with Crippen molar-refractivity contribution in [3.8, 4) is 0 Å².